The van der Waals surface area contributed by atoms with Gasteiger partial charge in [0.25, 0.3) is 0 Å². The Bertz CT molecular complexity index is 596. The Labute approximate surface area is 139 Å². The molecule has 0 aromatic heterocycles. The molecular formula is C20H28O3. The van der Waals surface area contributed by atoms with Gasteiger partial charge in [0, 0.05) is 5.57 Å². The highest BCUT2D eigenvalue weighted by atomic mass is 16.6. The second kappa shape index (κ2) is 6.27. The number of epoxide rings is 1. The number of fused-ring (bicyclic) bond motifs is 2. The fraction of sp³-hybridized carbons (Fsp3) is 0.650. The lowest BCUT2D eigenvalue weighted by molar-refractivity contribution is -0.138. The monoisotopic (exact) mass is 316 g/mol. The third-order valence-electron chi connectivity index (χ3n) is 5.56. The van der Waals surface area contributed by atoms with Crippen molar-refractivity contribution >= 4 is 5.97 Å². The Morgan fingerprint density at radius 3 is 2.70 bits per heavy atom. The zero-order chi connectivity index (χ0) is 16.6. The van der Waals surface area contributed by atoms with Gasteiger partial charge in [0.1, 0.15) is 6.10 Å². The first kappa shape index (κ1) is 16.5. The first-order valence-corrected chi connectivity index (χ1v) is 8.80. The number of ether oxygens (including phenoxy) is 2. The van der Waals surface area contributed by atoms with Gasteiger partial charge in [-0.2, -0.15) is 0 Å². The zero-order valence-electron chi connectivity index (χ0n) is 14.8. The van der Waals surface area contributed by atoms with Crippen molar-refractivity contribution < 1.29 is 14.3 Å². The van der Waals surface area contributed by atoms with E-state index in [1.807, 2.05) is 6.92 Å². The van der Waals surface area contributed by atoms with Crippen LogP contribution in [0.5, 0.6) is 0 Å². The van der Waals surface area contributed by atoms with E-state index in [1.165, 1.54) is 11.1 Å². The Kier molecular flexibility index (Phi) is 4.50. The molecule has 0 bridgehead atoms. The smallest absolute Gasteiger partial charge is 0.334 e. The Balaban J connectivity index is 1.80. The molecule has 3 rings (SSSR count). The van der Waals surface area contributed by atoms with Gasteiger partial charge in [-0.15, -0.1) is 0 Å². The van der Waals surface area contributed by atoms with Crippen molar-refractivity contribution in [2.24, 2.45) is 0 Å². The summed E-state index contributed by atoms with van der Waals surface area (Å²) in [6, 6.07) is 0. The minimum atomic E-state index is -0.162. The summed E-state index contributed by atoms with van der Waals surface area (Å²) in [7, 11) is 0. The maximum atomic E-state index is 11.9. The van der Waals surface area contributed by atoms with Crippen LogP contribution >= 0.6 is 0 Å². The molecule has 1 saturated heterocycles. The molecule has 23 heavy (non-hydrogen) atoms. The van der Waals surface area contributed by atoms with Crippen molar-refractivity contribution in [2.75, 3.05) is 0 Å². The highest BCUT2D eigenvalue weighted by Gasteiger charge is 2.50. The van der Waals surface area contributed by atoms with E-state index in [0.29, 0.717) is 6.10 Å². The van der Waals surface area contributed by atoms with Crippen LogP contribution in [0.2, 0.25) is 0 Å². The van der Waals surface area contributed by atoms with Gasteiger partial charge in [0.15, 0.2) is 0 Å². The van der Waals surface area contributed by atoms with Crippen LogP contribution in [0, 0.1) is 0 Å². The first-order valence-electron chi connectivity index (χ1n) is 8.80. The van der Waals surface area contributed by atoms with Gasteiger partial charge in [-0.1, -0.05) is 17.2 Å². The highest BCUT2D eigenvalue weighted by Crippen LogP contribution is 2.44. The number of carbonyl (C=O) groups excluding carboxylic acids is 1. The van der Waals surface area contributed by atoms with Crippen molar-refractivity contribution in [1.29, 1.82) is 0 Å². The molecule has 0 radical (unpaired) electrons. The molecule has 0 aromatic rings. The summed E-state index contributed by atoms with van der Waals surface area (Å²) in [4.78, 5) is 11.9. The maximum absolute atomic E-state index is 11.9. The van der Waals surface area contributed by atoms with Crippen LogP contribution in [0.1, 0.15) is 66.2 Å². The molecule has 3 aliphatic rings. The summed E-state index contributed by atoms with van der Waals surface area (Å²) in [6.45, 7) is 8.44. The molecule has 0 unspecified atom stereocenters. The van der Waals surface area contributed by atoms with E-state index in [1.54, 1.807) is 0 Å². The first-order chi connectivity index (χ1) is 10.9. The molecule has 126 valence electrons. The summed E-state index contributed by atoms with van der Waals surface area (Å²) in [6.07, 6.45) is 10.8. The van der Waals surface area contributed by atoms with Gasteiger partial charge in [-0.3, -0.25) is 0 Å². The van der Waals surface area contributed by atoms with Crippen LogP contribution in [0.4, 0.5) is 0 Å². The van der Waals surface area contributed by atoms with E-state index in [2.05, 4.69) is 32.9 Å². The number of carbonyl (C=O) groups is 1. The van der Waals surface area contributed by atoms with Gasteiger partial charge in [0.2, 0.25) is 0 Å². The molecule has 3 heteroatoms. The van der Waals surface area contributed by atoms with Gasteiger partial charge < -0.3 is 9.47 Å². The number of allylic oxidation sites excluding steroid dienone is 3. The zero-order valence-corrected chi connectivity index (χ0v) is 14.8. The lowest BCUT2D eigenvalue weighted by Crippen LogP contribution is -2.11. The quantitative estimate of drug-likeness (QED) is 0.371. The fourth-order valence-electron chi connectivity index (χ4n) is 3.70. The molecule has 0 saturated carbocycles. The summed E-state index contributed by atoms with van der Waals surface area (Å²) in [5, 5.41) is 0. The lowest BCUT2D eigenvalue weighted by Gasteiger charge is -2.13. The van der Waals surface area contributed by atoms with Crippen LogP contribution in [0.25, 0.3) is 0 Å². The normalized spacial score (nSPS) is 40.1. The molecule has 3 atom stereocenters. The van der Waals surface area contributed by atoms with Crippen molar-refractivity contribution in [3.05, 3.63) is 34.4 Å². The van der Waals surface area contributed by atoms with E-state index in [4.69, 9.17) is 9.47 Å². The van der Waals surface area contributed by atoms with Gasteiger partial charge in [-0.05, 0) is 77.9 Å². The van der Waals surface area contributed by atoms with Crippen LogP contribution in [0.3, 0.4) is 0 Å². The van der Waals surface area contributed by atoms with Gasteiger partial charge in [0.05, 0.1) is 11.7 Å². The third kappa shape index (κ3) is 3.60. The Morgan fingerprint density at radius 1 is 1.13 bits per heavy atom. The molecule has 1 aliphatic carbocycles. The molecule has 0 spiro atoms. The number of hydrogen-bond donors (Lipinski definition) is 0. The van der Waals surface area contributed by atoms with E-state index in [9.17, 15) is 4.79 Å². The molecular weight excluding hydrogens is 288 g/mol. The second-order valence-corrected chi connectivity index (χ2v) is 7.54. The molecule has 0 amide bonds. The summed E-state index contributed by atoms with van der Waals surface area (Å²) >= 11 is 0. The maximum Gasteiger partial charge on any atom is 0.334 e. The molecule has 1 fully saturated rings. The van der Waals surface area contributed by atoms with Crippen molar-refractivity contribution in [2.45, 2.75) is 84.0 Å². The van der Waals surface area contributed by atoms with Crippen molar-refractivity contribution in [3.8, 4) is 0 Å². The van der Waals surface area contributed by atoms with Crippen molar-refractivity contribution in [3.63, 3.8) is 0 Å². The molecule has 2 heterocycles. The summed E-state index contributed by atoms with van der Waals surface area (Å²) < 4.78 is 11.5. The van der Waals surface area contributed by atoms with Crippen LogP contribution in [-0.4, -0.2) is 23.8 Å². The summed E-state index contributed by atoms with van der Waals surface area (Å²) in [5.74, 6) is -0.155. The molecule has 0 N–H and O–H groups in total. The third-order valence-corrected chi connectivity index (χ3v) is 5.56. The highest BCUT2D eigenvalue weighted by molar-refractivity contribution is 5.92. The average Bonchev–Trinajstić information content (AvgIpc) is 3.06. The van der Waals surface area contributed by atoms with E-state index in [0.717, 1.165) is 49.7 Å². The van der Waals surface area contributed by atoms with Crippen LogP contribution < -0.4 is 0 Å². The molecule has 3 nitrogen and oxygen atoms in total. The van der Waals surface area contributed by atoms with Crippen LogP contribution in [-0.2, 0) is 14.3 Å². The Morgan fingerprint density at radius 2 is 1.91 bits per heavy atom. The lowest BCUT2D eigenvalue weighted by atomic mass is 9.93. The largest absolute Gasteiger partial charge is 0.450 e. The Hall–Kier alpha value is -1.35. The minimum Gasteiger partial charge on any atom is -0.450 e. The summed E-state index contributed by atoms with van der Waals surface area (Å²) in [5.41, 5.74) is 4.71. The number of esters is 1. The predicted octanol–water partition coefficient (Wildman–Crippen LogP) is 4.63. The number of hydrogen-bond acceptors (Lipinski definition) is 3. The van der Waals surface area contributed by atoms with E-state index in [-0.39, 0.29) is 17.7 Å². The minimum absolute atomic E-state index is 0.0721. The van der Waals surface area contributed by atoms with Gasteiger partial charge >= 0.3 is 5.97 Å². The molecule has 2 aliphatic heterocycles. The SMILES string of the molecule is CC1=C2CC/C(C)=C/CC[C@]3(C)O[C@H]3CC/C(C)=C/[C@H]2OC1=O. The topological polar surface area (TPSA) is 38.8 Å². The second-order valence-electron chi connectivity index (χ2n) is 7.54. The predicted molar refractivity (Wildman–Crippen MR) is 91.1 cm³/mol. The van der Waals surface area contributed by atoms with E-state index < -0.39 is 0 Å². The molecule has 0 aromatic carbocycles. The number of rotatable bonds is 0. The van der Waals surface area contributed by atoms with Crippen molar-refractivity contribution in [1.82, 2.24) is 0 Å². The van der Waals surface area contributed by atoms with Crippen LogP contribution in [0.15, 0.2) is 34.4 Å². The van der Waals surface area contributed by atoms with Gasteiger partial charge in [-0.25, -0.2) is 4.79 Å². The average molecular weight is 316 g/mol. The standard InChI is InChI=1S/C20H28O3/c1-13-6-5-11-20(4)18(23-20)10-8-14(2)12-17-16(9-7-13)15(3)19(21)22-17/h6,12,17-18H,5,7-11H2,1-4H3/b13-6+,14-12+/t17-,18+,20+/m1/s1. The fourth-order valence-corrected chi connectivity index (χ4v) is 3.70. The van der Waals surface area contributed by atoms with E-state index >= 15 is 0 Å².